The highest BCUT2D eigenvalue weighted by Gasteiger charge is 2.21. The normalized spacial score (nSPS) is 11.8. The Kier molecular flexibility index (Phi) is 6.38. The van der Waals surface area contributed by atoms with E-state index < -0.39 is 0 Å². The summed E-state index contributed by atoms with van der Waals surface area (Å²) >= 11 is 0. The van der Waals surface area contributed by atoms with Crippen LogP contribution in [0.4, 0.5) is 0 Å². The van der Waals surface area contributed by atoms with Crippen molar-refractivity contribution < 1.29 is 0 Å². The molecule has 216 valence electrons. The van der Waals surface area contributed by atoms with E-state index >= 15 is 0 Å². The third-order valence-electron chi connectivity index (χ3n) is 8.53. The minimum atomic E-state index is 0.593. The van der Waals surface area contributed by atoms with Crippen molar-refractivity contribution in [3.8, 4) is 34.4 Å². The predicted molar refractivity (Wildman–Crippen MR) is 186 cm³/mol. The second-order valence-corrected chi connectivity index (χ2v) is 11.4. The minimum absolute atomic E-state index is 0.593. The summed E-state index contributed by atoms with van der Waals surface area (Å²) in [6.07, 6.45) is 4.34. The molecule has 0 unspecified atom stereocenters. The molecule has 5 heteroatoms. The third-order valence-corrected chi connectivity index (χ3v) is 8.53. The molecule has 3 heterocycles. The van der Waals surface area contributed by atoms with E-state index in [0.717, 1.165) is 44.1 Å². The summed E-state index contributed by atoms with van der Waals surface area (Å²) in [5.74, 6) is 1.87. The highest BCUT2D eigenvalue weighted by atomic mass is 15.2. The number of fused-ring (bicyclic) bond motifs is 4. The Labute approximate surface area is 261 Å². The van der Waals surface area contributed by atoms with E-state index in [0.29, 0.717) is 17.6 Å². The number of aromatic nitrogens is 5. The van der Waals surface area contributed by atoms with Crippen LogP contribution in [0, 0.1) is 13.8 Å². The summed E-state index contributed by atoms with van der Waals surface area (Å²) in [6, 6.07) is 42.2. The van der Waals surface area contributed by atoms with Crippen molar-refractivity contribution >= 4 is 38.8 Å². The van der Waals surface area contributed by atoms with Crippen LogP contribution in [0.1, 0.15) is 23.7 Å². The minimum Gasteiger partial charge on any atom is -0.313 e. The lowest BCUT2D eigenvalue weighted by Gasteiger charge is -2.12. The van der Waals surface area contributed by atoms with Crippen LogP contribution in [0.5, 0.6) is 0 Å². The summed E-state index contributed by atoms with van der Waals surface area (Å²) in [6.45, 7) is 6.41. The molecule has 0 N–H and O–H groups in total. The topological polar surface area (TPSA) is 48.5 Å². The maximum atomic E-state index is 5.14. The standard InChI is InChI=1S/C40H31N5/c1-4-14-31-27(3)44(30-19-12-7-13-20-30)36-25-37-34(24-33(31)36)32-22-21-26(2)23-35(32)45(37)40-42-38(28-15-8-5-9-16-28)41-39(43-40)29-17-10-6-11-18-29/h4-25H,1-3H3/b14-4-. The molecule has 0 bridgehead atoms. The van der Waals surface area contributed by atoms with Gasteiger partial charge in [-0.3, -0.25) is 4.57 Å². The van der Waals surface area contributed by atoms with Gasteiger partial charge in [-0.1, -0.05) is 103 Å². The summed E-state index contributed by atoms with van der Waals surface area (Å²) in [7, 11) is 0. The van der Waals surface area contributed by atoms with Gasteiger partial charge in [0.1, 0.15) is 0 Å². The molecule has 8 aromatic rings. The van der Waals surface area contributed by atoms with Crippen molar-refractivity contribution in [1.29, 1.82) is 0 Å². The van der Waals surface area contributed by atoms with E-state index in [1.54, 1.807) is 0 Å². The van der Waals surface area contributed by atoms with Gasteiger partial charge in [0, 0.05) is 44.2 Å². The average Bonchev–Trinajstić information content (AvgIpc) is 3.54. The van der Waals surface area contributed by atoms with Gasteiger partial charge >= 0.3 is 0 Å². The van der Waals surface area contributed by atoms with Crippen molar-refractivity contribution in [2.75, 3.05) is 0 Å². The summed E-state index contributed by atoms with van der Waals surface area (Å²) < 4.78 is 4.57. The number of nitrogens with zero attached hydrogens (tertiary/aromatic N) is 5. The third kappa shape index (κ3) is 4.44. The first-order valence-electron chi connectivity index (χ1n) is 15.3. The highest BCUT2D eigenvalue weighted by Crippen LogP contribution is 2.39. The molecule has 0 spiro atoms. The van der Waals surface area contributed by atoms with E-state index in [9.17, 15) is 0 Å². The maximum absolute atomic E-state index is 5.14. The fourth-order valence-corrected chi connectivity index (χ4v) is 6.46. The molecule has 0 aliphatic rings. The molecule has 3 aromatic heterocycles. The number of aryl methyl sites for hydroxylation is 1. The summed E-state index contributed by atoms with van der Waals surface area (Å²) in [5, 5.41) is 3.54. The first kappa shape index (κ1) is 26.8. The monoisotopic (exact) mass is 581 g/mol. The number of benzene rings is 5. The molecule has 5 aromatic carbocycles. The van der Waals surface area contributed by atoms with E-state index in [1.807, 2.05) is 60.7 Å². The molecule has 0 fully saturated rings. The Morgan fingerprint density at radius 2 is 1.11 bits per heavy atom. The zero-order valence-corrected chi connectivity index (χ0v) is 25.4. The first-order valence-corrected chi connectivity index (χ1v) is 15.3. The largest absolute Gasteiger partial charge is 0.313 e. The van der Waals surface area contributed by atoms with Crippen molar-refractivity contribution in [2.24, 2.45) is 0 Å². The van der Waals surface area contributed by atoms with Crippen molar-refractivity contribution in [3.63, 3.8) is 0 Å². The Morgan fingerprint density at radius 3 is 1.73 bits per heavy atom. The lowest BCUT2D eigenvalue weighted by molar-refractivity contribution is 0.953. The Balaban J connectivity index is 1.51. The van der Waals surface area contributed by atoms with Crippen LogP contribution in [0.25, 0.3) is 73.2 Å². The van der Waals surface area contributed by atoms with Gasteiger partial charge in [-0.2, -0.15) is 9.97 Å². The fourth-order valence-electron chi connectivity index (χ4n) is 6.46. The number of hydrogen-bond acceptors (Lipinski definition) is 3. The number of allylic oxidation sites excluding steroid dienone is 1. The quantitative estimate of drug-likeness (QED) is 0.203. The van der Waals surface area contributed by atoms with E-state index in [2.05, 4.69) is 103 Å². The Hall–Kier alpha value is -5.81. The molecule has 0 aliphatic carbocycles. The molecule has 45 heavy (non-hydrogen) atoms. The van der Waals surface area contributed by atoms with Crippen LogP contribution in [0.2, 0.25) is 0 Å². The molecule has 0 aliphatic heterocycles. The molecule has 0 saturated heterocycles. The van der Waals surface area contributed by atoms with Crippen LogP contribution in [-0.4, -0.2) is 24.1 Å². The summed E-state index contributed by atoms with van der Waals surface area (Å²) in [4.78, 5) is 15.2. The second kappa shape index (κ2) is 10.7. The molecule has 0 saturated carbocycles. The van der Waals surface area contributed by atoms with Gasteiger partial charge in [0.25, 0.3) is 0 Å². The lowest BCUT2D eigenvalue weighted by Crippen LogP contribution is -2.06. The zero-order chi connectivity index (χ0) is 30.5. The van der Waals surface area contributed by atoms with Crippen LogP contribution < -0.4 is 0 Å². The molecular formula is C40H31N5. The van der Waals surface area contributed by atoms with E-state index in [1.165, 1.54) is 22.2 Å². The Bertz CT molecular complexity index is 2320. The van der Waals surface area contributed by atoms with Gasteiger partial charge in [0.15, 0.2) is 11.6 Å². The van der Waals surface area contributed by atoms with Crippen LogP contribution in [0.15, 0.2) is 127 Å². The van der Waals surface area contributed by atoms with Crippen LogP contribution >= 0.6 is 0 Å². The second-order valence-electron chi connectivity index (χ2n) is 11.4. The number of rotatable bonds is 5. The molecular weight excluding hydrogens is 550 g/mol. The number of para-hydroxylation sites is 1. The Morgan fingerprint density at radius 1 is 0.533 bits per heavy atom. The van der Waals surface area contributed by atoms with Gasteiger partial charge in [-0.05, 0) is 56.7 Å². The molecule has 8 rings (SSSR count). The molecule has 0 atom stereocenters. The van der Waals surface area contributed by atoms with Gasteiger partial charge in [0.05, 0.1) is 16.6 Å². The number of hydrogen-bond donors (Lipinski definition) is 0. The highest BCUT2D eigenvalue weighted by molar-refractivity contribution is 6.14. The van der Waals surface area contributed by atoms with Crippen molar-refractivity contribution in [2.45, 2.75) is 20.8 Å². The average molecular weight is 582 g/mol. The smallest absolute Gasteiger partial charge is 0.238 e. The summed E-state index contributed by atoms with van der Waals surface area (Å²) in [5.41, 5.74) is 9.88. The van der Waals surface area contributed by atoms with E-state index in [-0.39, 0.29) is 0 Å². The van der Waals surface area contributed by atoms with Crippen molar-refractivity contribution in [1.82, 2.24) is 24.1 Å². The van der Waals surface area contributed by atoms with Gasteiger partial charge in [-0.15, -0.1) is 0 Å². The van der Waals surface area contributed by atoms with Gasteiger partial charge < -0.3 is 4.57 Å². The van der Waals surface area contributed by atoms with Crippen LogP contribution in [-0.2, 0) is 0 Å². The van der Waals surface area contributed by atoms with Gasteiger partial charge in [-0.25, -0.2) is 4.98 Å². The predicted octanol–water partition coefficient (Wildman–Crippen LogP) is 9.90. The zero-order valence-electron chi connectivity index (χ0n) is 25.4. The maximum Gasteiger partial charge on any atom is 0.238 e. The molecule has 5 nitrogen and oxygen atoms in total. The lowest BCUT2D eigenvalue weighted by atomic mass is 10.1. The van der Waals surface area contributed by atoms with Crippen LogP contribution in [0.3, 0.4) is 0 Å². The fraction of sp³-hybridized carbons (Fsp3) is 0.0750. The SMILES string of the molecule is C/C=C\c1c(C)n(-c2ccccc2)c2cc3c(cc12)c1ccc(C)cc1n3-c1nc(-c2ccccc2)nc(-c2ccccc2)n1. The van der Waals surface area contributed by atoms with Crippen molar-refractivity contribution in [3.05, 3.63) is 144 Å². The molecule has 0 amide bonds. The van der Waals surface area contributed by atoms with E-state index in [4.69, 9.17) is 15.0 Å². The molecule has 0 radical (unpaired) electrons. The van der Waals surface area contributed by atoms with Gasteiger partial charge in [0.2, 0.25) is 5.95 Å². The first-order chi connectivity index (χ1) is 22.1.